The van der Waals surface area contributed by atoms with Crippen molar-refractivity contribution in [2.24, 2.45) is 0 Å². The lowest BCUT2D eigenvalue weighted by Crippen LogP contribution is -2.25. The number of nitrogen functional groups attached to an aromatic ring is 1. The molecule has 0 amide bonds. The third-order valence-corrected chi connectivity index (χ3v) is 3.74. The van der Waals surface area contributed by atoms with Crippen LogP contribution in [0.2, 0.25) is 0 Å². The Labute approximate surface area is 115 Å². The lowest BCUT2D eigenvalue weighted by Gasteiger charge is -2.22. The van der Waals surface area contributed by atoms with Crippen LogP contribution in [0.25, 0.3) is 0 Å². The monoisotopic (exact) mass is 285 g/mol. The number of hydrogen-bond donors (Lipinski definition) is 2. The summed E-state index contributed by atoms with van der Waals surface area (Å²) >= 11 is 0. The zero-order valence-corrected chi connectivity index (χ0v) is 12.6. The first-order chi connectivity index (χ1) is 8.87. The summed E-state index contributed by atoms with van der Waals surface area (Å²) in [6.45, 7) is 6.43. The molecule has 0 aromatic heterocycles. The molecule has 108 valence electrons. The summed E-state index contributed by atoms with van der Waals surface area (Å²) in [5, 5.41) is 0. The molecule has 5 nitrogen and oxygen atoms in total. The van der Waals surface area contributed by atoms with E-state index >= 15 is 0 Å². The van der Waals surface area contributed by atoms with Crippen LogP contribution >= 0.6 is 0 Å². The Balaban J connectivity index is 2.80. The molecular formula is C13H23N3O2S. The third kappa shape index (κ3) is 5.08. The van der Waals surface area contributed by atoms with Crippen molar-refractivity contribution in [1.82, 2.24) is 4.72 Å². The van der Waals surface area contributed by atoms with Gasteiger partial charge in [0.2, 0.25) is 10.0 Å². The molecule has 0 saturated carbocycles. The standard InChI is InChI=1S/C13H23N3O2S/c1-4-16(5-2)12-6-7-13(14)11(10-12)8-9-15-19(3,17)18/h6-7,10,15H,4-5,8-9,14H2,1-3H3. The summed E-state index contributed by atoms with van der Waals surface area (Å²) < 4.78 is 24.5. The molecule has 0 aliphatic rings. The summed E-state index contributed by atoms with van der Waals surface area (Å²) in [5.41, 5.74) is 8.72. The highest BCUT2D eigenvalue weighted by atomic mass is 32.2. The van der Waals surface area contributed by atoms with Crippen LogP contribution in [-0.4, -0.2) is 34.3 Å². The summed E-state index contributed by atoms with van der Waals surface area (Å²) in [6.07, 6.45) is 1.75. The molecule has 0 aliphatic carbocycles. The molecule has 0 fully saturated rings. The predicted molar refractivity (Wildman–Crippen MR) is 81.0 cm³/mol. The number of sulfonamides is 1. The van der Waals surface area contributed by atoms with E-state index in [9.17, 15) is 8.42 Å². The van der Waals surface area contributed by atoms with Gasteiger partial charge in [-0.25, -0.2) is 13.1 Å². The Hall–Kier alpha value is -1.27. The number of anilines is 2. The van der Waals surface area contributed by atoms with E-state index in [-0.39, 0.29) is 0 Å². The van der Waals surface area contributed by atoms with Crippen LogP contribution in [0.5, 0.6) is 0 Å². The molecule has 0 radical (unpaired) electrons. The van der Waals surface area contributed by atoms with Crippen molar-refractivity contribution in [2.45, 2.75) is 20.3 Å². The van der Waals surface area contributed by atoms with Gasteiger partial charge >= 0.3 is 0 Å². The molecule has 19 heavy (non-hydrogen) atoms. The predicted octanol–water partition coefficient (Wildman–Crippen LogP) is 1.21. The zero-order chi connectivity index (χ0) is 14.5. The first-order valence-electron chi connectivity index (χ1n) is 6.45. The average Bonchev–Trinajstić information content (AvgIpc) is 2.32. The van der Waals surface area contributed by atoms with Crippen LogP contribution in [0.3, 0.4) is 0 Å². The van der Waals surface area contributed by atoms with Crippen LogP contribution in [0, 0.1) is 0 Å². The fourth-order valence-electron chi connectivity index (χ4n) is 1.97. The molecular weight excluding hydrogens is 262 g/mol. The van der Waals surface area contributed by atoms with E-state index in [1.165, 1.54) is 0 Å². The van der Waals surface area contributed by atoms with Gasteiger partial charge in [0.15, 0.2) is 0 Å². The van der Waals surface area contributed by atoms with E-state index < -0.39 is 10.0 Å². The van der Waals surface area contributed by atoms with Crippen molar-refractivity contribution in [2.75, 3.05) is 36.5 Å². The van der Waals surface area contributed by atoms with Crippen LogP contribution < -0.4 is 15.4 Å². The topological polar surface area (TPSA) is 75.4 Å². The third-order valence-electron chi connectivity index (χ3n) is 3.01. The molecule has 0 unspecified atom stereocenters. The molecule has 0 heterocycles. The van der Waals surface area contributed by atoms with E-state index in [0.29, 0.717) is 18.7 Å². The van der Waals surface area contributed by atoms with Gasteiger partial charge in [-0.1, -0.05) is 0 Å². The van der Waals surface area contributed by atoms with Gasteiger partial charge in [0.1, 0.15) is 0 Å². The normalized spacial score (nSPS) is 11.5. The molecule has 0 atom stereocenters. The van der Waals surface area contributed by atoms with Crippen molar-refractivity contribution < 1.29 is 8.42 Å². The Morgan fingerprint density at radius 1 is 1.26 bits per heavy atom. The number of nitrogens with two attached hydrogens (primary N) is 1. The van der Waals surface area contributed by atoms with E-state index in [0.717, 1.165) is 30.6 Å². The van der Waals surface area contributed by atoms with Gasteiger partial charge in [-0.05, 0) is 44.0 Å². The molecule has 0 saturated heterocycles. The Kier molecular flexibility index (Phi) is 5.62. The maximum absolute atomic E-state index is 11.0. The Bertz CT molecular complexity index is 511. The van der Waals surface area contributed by atoms with Crippen LogP contribution in [0.4, 0.5) is 11.4 Å². The maximum atomic E-state index is 11.0. The summed E-state index contributed by atoms with van der Waals surface area (Å²) in [4.78, 5) is 2.23. The molecule has 0 bridgehead atoms. The Morgan fingerprint density at radius 3 is 2.42 bits per heavy atom. The minimum absolute atomic E-state index is 0.366. The molecule has 0 aliphatic heterocycles. The van der Waals surface area contributed by atoms with Crippen molar-refractivity contribution in [3.63, 3.8) is 0 Å². The maximum Gasteiger partial charge on any atom is 0.208 e. The van der Waals surface area contributed by atoms with Gasteiger partial charge in [0, 0.05) is 31.0 Å². The van der Waals surface area contributed by atoms with Gasteiger partial charge in [-0.3, -0.25) is 0 Å². The molecule has 0 spiro atoms. The second kappa shape index (κ2) is 6.77. The van der Waals surface area contributed by atoms with Gasteiger partial charge in [0.25, 0.3) is 0 Å². The van der Waals surface area contributed by atoms with E-state index in [1.807, 2.05) is 18.2 Å². The van der Waals surface area contributed by atoms with Gasteiger partial charge in [-0.2, -0.15) is 0 Å². The van der Waals surface area contributed by atoms with Crippen LogP contribution in [0.15, 0.2) is 18.2 Å². The highest BCUT2D eigenvalue weighted by molar-refractivity contribution is 7.88. The number of nitrogens with zero attached hydrogens (tertiary/aromatic N) is 1. The quantitative estimate of drug-likeness (QED) is 0.738. The minimum Gasteiger partial charge on any atom is -0.399 e. The highest BCUT2D eigenvalue weighted by Crippen LogP contribution is 2.21. The van der Waals surface area contributed by atoms with Crippen molar-refractivity contribution in [1.29, 1.82) is 0 Å². The fourth-order valence-corrected chi connectivity index (χ4v) is 2.44. The molecule has 1 rings (SSSR count). The van der Waals surface area contributed by atoms with Crippen molar-refractivity contribution >= 4 is 21.4 Å². The van der Waals surface area contributed by atoms with Crippen molar-refractivity contribution in [3.8, 4) is 0 Å². The second-order valence-corrected chi connectivity index (χ2v) is 6.30. The van der Waals surface area contributed by atoms with Crippen LogP contribution in [0.1, 0.15) is 19.4 Å². The van der Waals surface area contributed by atoms with Crippen molar-refractivity contribution in [3.05, 3.63) is 23.8 Å². The van der Waals surface area contributed by atoms with E-state index in [1.54, 1.807) is 0 Å². The lowest BCUT2D eigenvalue weighted by molar-refractivity contribution is 0.588. The number of nitrogens with one attached hydrogen (secondary N) is 1. The molecule has 1 aromatic carbocycles. The lowest BCUT2D eigenvalue weighted by atomic mass is 10.1. The summed E-state index contributed by atoms with van der Waals surface area (Å²) in [7, 11) is -3.14. The first kappa shape index (κ1) is 15.8. The zero-order valence-electron chi connectivity index (χ0n) is 11.8. The number of rotatable bonds is 7. The summed E-state index contributed by atoms with van der Waals surface area (Å²) in [6, 6.07) is 5.91. The van der Waals surface area contributed by atoms with Gasteiger partial charge in [-0.15, -0.1) is 0 Å². The van der Waals surface area contributed by atoms with Gasteiger partial charge < -0.3 is 10.6 Å². The first-order valence-corrected chi connectivity index (χ1v) is 8.34. The Morgan fingerprint density at radius 2 is 1.89 bits per heavy atom. The van der Waals surface area contributed by atoms with Gasteiger partial charge in [0.05, 0.1) is 6.26 Å². The minimum atomic E-state index is -3.14. The highest BCUT2D eigenvalue weighted by Gasteiger charge is 2.07. The average molecular weight is 285 g/mol. The van der Waals surface area contributed by atoms with E-state index in [2.05, 4.69) is 23.5 Å². The molecule has 3 N–H and O–H groups in total. The van der Waals surface area contributed by atoms with E-state index in [4.69, 9.17) is 5.73 Å². The largest absolute Gasteiger partial charge is 0.399 e. The number of hydrogen-bond acceptors (Lipinski definition) is 4. The second-order valence-electron chi connectivity index (χ2n) is 4.47. The molecule has 6 heteroatoms. The SMILES string of the molecule is CCN(CC)c1ccc(N)c(CCNS(C)(=O)=O)c1. The number of benzene rings is 1. The molecule has 1 aromatic rings. The summed E-state index contributed by atoms with van der Waals surface area (Å²) in [5.74, 6) is 0. The smallest absolute Gasteiger partial charge is 0.208 e. The van der Waals surface area contributed by atoms with Crippen LogP contribution in [-0.2, 0) is 16.4 Å². The fraction of sp³-hybridized carbons (Fsp3) is 0.538.